The molecule has 19 heavy (non-hydrogen) atoms. The number of piperidine rings is 1. The van der Waals surface area contributed by atoms with Crippen molar-refractivity contribution in [2.24, 2.45) is 11.1 Å². The first-order chi connectivity index (χ1) is 9.28. The fourth-order valence-corrected chi connectivity index (χ4v) is 3.08. The average Bonchev–Trinajstić information content (AvgIpc) is 2.90. The molecule has 1 N–H and O–H groups in total. The standard InChI is InChI=1S/C15H18N2O2/c18-15(17-7-5-14(16-19)6-8-17)13-9-11-3-1-2-4-12(11)10-13/h1-4,13,19H,5-10H2. The molecule has 1 heterocycles. The van der Waals surface area contributed by atoms with E-state index in [4.69, 9.17) is 5.21 Å². The molecule has 4 nitrogen and oxygen atoms in total. The third kappa shape index (κ3) is 2.35. The maximum atomic E-state index is 12.5. The third-order valence-corrected chi connectivity index (χ3v) is 4.19. The van der Waals surface area contributed by atoms with Crippen molar-refractivity contribution < 1.29 is 10.0 Å². The number of rotatable bonds is 1. The van der Waals surface area contributed by atoms with Crippen LogP contribution in [0.25, 0.3) is 0 Å². The van der Waals surface area contributed by atoms with Crippen LogP contribution in [0.5, 0.6) is 0 Å². The highest BCUT2D eigenvalue weighted by atomic mass is 16.4. The van der Waals surface area contributed by atoms with Crippen LogP contribution in [-0.4, -0.2) is 34.8 Å². The number of oxime groups is 1. The Hall–Kier alpha value is -1.84. The molecule has 3 rings (SSSR count). The smallest absolute Gasteiger partial charge is 0.226 e. The molecule has 1 amide bonds. The van der Waals surface area contributed by atoms with Gasteiger partial charge in [0.2, 0.25) is 5.91 Å². The quantitative estimate of drug-likeness (QED) is 0.617. The Morgan fingerprint density at radius 2 is 1.74 bits per heavy atom. The number of benzene rings is 1. The van der Waals surface area contributed by atoms with Gasteiger partial charge in [0.15, 0.2) is 0 Å². The monoisotopic (exact) mass is 258 g/mol. The summed E-state index contributed by atoms with van der Waals surface area (Å²) >= 11 is 0. The summed E-state index contributed by atoms with van der Waals surface area (Å²) in [7, 11) is 0. The van der Waals surface area contributed by atoms with Gasteiger partial charge in [-0.15, -0.1) is 0 Å². The fourth-order valence-electron chi connectivity index (χ4n) is 3.08. The topological polar surface area (TPSA) is 52.9 Å². The lowest BCUT2D eigenvalue weighted by atomic mass is 10.0. The zero-order valence-electron chi connectivity index (χ0n) is 10.9. The van der Waals surface area contributed by atoms with E-state index in [1.54, 1.807) is 0 Å². The molecule has 1 aliphatic carbocycles. The number of carbonyl (C=O) groups is 1. The van der Waals surface area contributed by atoms with Gasteiger partial charge in [0, 0.05) is 31.8 Å². The molecule has 1 fully saturated rings. The van der Waals surface area contributed by atoms with Gasteiger partial charge < -0.3 is 10.1 Å². The zero-order valence-corrected chi connectivity index (χ0v) is 10.9. The van der Waals surface area contributed by atoms with Crippen molar-refractivity contribution in [1.29, 1.82) is 0 Å². The Kier molecular flexibility index (Phi) is 3.23. The molecule has 1 saturated heterocycles. The Labute approximate surface area is 112 Å². The highest BCUT2D eigenvalue weighted by molar-refractivity contribution is 5.88. The predicted octanol–water partition coefficient (Wildman–Crippen LogP) is 1.85. The number of hydrogen-bond donors (Lipinski definition) is 1. The lowest BCUT2D eigenvalue weighted by Gasteiger charge is -2.29. The number of amides is 1. The van der Waals surface area contributed by atoms with Gasteiger partial charge in [-0.3, -0.25) is 4.79 Å². The molecule has 1 aromatic rings. The van der Waals surface area contributed by atoms with Crippen LogP contribution in [0.3, 0.4) is 0 Å². The van der Waals surface area contributed by atoms with Crippen molar-refractivity contribution in [3.05, 3.63) is 35.4 Å². The summed E-state index contributed by atoms with van der Waals surface area (Å²) in [6, 6.07) is 8.32. The Bertz CT molecular complexity index is 490. The van der Waals surface area contributed by atoms with E-state index in [2.05, 4.69) is 17.3 Å². The summed E-state index contributed by atoms with van der Waals surface area (Å²) in [6.45, 7) is 1.37. The van der Waals surface area contributed by atoms with Gasteiger partial charge in [-0.05, 0) is 24.0 Å². The second kappa shape index (κ2) is 5.03. The van der Waals surface area contributed by atoms with Crippen LogP contribution in [0, 0.1) is 5.92 Å². The number of carbonyl (C=O) groups excluding carboxylic acids is 1. The molecule has 2 aliphatic rings. The first-order valence-electron chi connectivity index (χ1n) is 6.83. The van der Waals surface area contributed by atoms with Crippen molar-refractivity contribution in [3.8, 4) is 0 Å². The number of nitrogens with zero attached hydrogens (tertiary/aromatic N) is 2. The van der Waals surface area contributed by atoms with Crippen LogP contribution < -0.4 is 0 Å². The molecule has 0 unspecified atom stereocenters. The zero-order chi connectivity index (χ0) is 13.2. The Morgan fingerprint density at radius 3 is 2.26 bits per heavy atom. The van der Waals surface area contributed by atoms with Crippen LogP contribution in [0.4, 0.5) is 0 Å². The van der Waals surface area contributed by atoms with Crippen molar-refractivity contribution in [2.45, 2.75) is 25.7 Å². The maximum absolute atomic E-state index is 12.5. The summed E-state index contributed by atoms with van der Waals surface area (Å²) in [6.07, 6.45) is 3.13. The van der Waals surface area contributed by atoms with Crippen molar-refractivity contribution in [2.75, 3.05) is 13.1 Å². The van der Waals surface area contributed by atoms with Crippen LogP contribution in [-0.2, 0) is 17.6 Å². The molecule has 0 atom stereocenters. The lowest BCUT2D eigenvalue weighted by molar-refractivity contribution is -0.135. The largest absolute Gasteiger partial charge is 0.411 e. The van der Waals surface area contributed by atoms with E-state index in [9.17, 15) is 4.79 Å². The number of hydrogen-bond acceptors (Lipinski definition) is 3. The third-order valence-electron chi connectivity index (χ3n) is 4.19. The van der Waals surface area contributed by atoms with Gasteiger partial charge in [0.05, 0.1) is 5.71 Å². The van der Waals surface area contributed by atoms with E-state index in [1.165, 1.54) is 11.1 Å². The normalized spacial score (nSPS) is 19.4. The van der Waals surface area contributed by atoms with Gasteiger partial charge in [-0.2, -0.15) is 0 Å². The predicted molar refractivity (Wildman–Crippen MR) is 72.4 cm³/mol. The average molecular weight is 258 g/mol. The van der Waals surface area contributed by atoms with Gasteiger partial charge in [-0.25, -0.2) is 0 Å². The summed E-state index contributed by atoms with van der Waals surface area (Å²) in [4.78, 5) is 14.4. The molecule has 0 bridgehead atoms. The Balaban J connectivity index is 1.64. The highest BCUT2D eigenvalue weighted by Crippen LogP contribution is 2.28. The molecule has 1 aliphatic heterocycles. The maximum Gasteiger partial charge on any atom is 0.226 e. The summed E-state index contributed by atoms with van der Waals surface area (Å²) in [5.41, 5.74) is 3.43. The van der Waals surface area contributed by atoms with E-state index in [0.29, 0.717) is 25.9 Å². The van der Waals surface area contributed by atoms with E-state index in [0.717, 1.165) is 18.6 Å². The second-order valence-corrected chi connectivity index (χ2v) is 5.37. The Morgan fingerprint density at radius 1 is 1.16 bits per heavy atom. The first-order valence-corrected chi connectivity index (χ1v) is 6.83. The molecule has 1 aromatic carbocycles. The summed E-state index contributed by atoms with van der Waals surface area (Å²) in [5.74, 6) is 0.359. The van der Waals surface area contributed by atoms with Crippen LogP contribution in [0.2, 0.25) is 0 Å². The van der Waals surface area contributed by atoms with E-state index in [1.807, 2.05) is 17.0 Å². The van der Waals surface area contributed by atoms with Gasteiger partial charge >= 0.3 is 0 Å². The van der Waals surface area contributed by atoms with Gasteiger partial charge in [0.1, 0.15) is 0 Å². The molecule has 4 heteroatoms. The van der Waals surface area contributed by atoms with Gasteiger partial charge in [0.25, 0.3) is 0 Å². The summed E-state index contributed by atoms with van der Waals surface area (Å²) < 4.78 is 0. The fraction of sp³-hybridized carbons (Fsp3) is 0.467. The van der Waals surface area contributed by atoms with Crippen LogP contribution >= 0.6 is 0 Å². The highest BCUT2D eigenvalue weighted by Gasteiger charge is 2.31. The number of fused-ring (bicyclic) bond motifs is 1. The first kappa shape index (κ1) is 12.2. The van der Waals surface area contributed by atoms with Crippen molar-refractivity contribution >= 4 is 11.6 Å². The molecular weight excluding hydrogens is 240 g/mol. The van der Waals surface area contributed by atoms with Crippen LogP contribution in [0.1, 0.15) is 24.0 Å². The minimum atomic E-state index is 0.102. The molecule has 100 valence electrons. The van der Waals surface area contributed by atoms with E-state index < -0.39 is 0 Å². The molecule has 0 radical (unpaired) electrons. The minimum absolute atomic E-state index is 0.102. The SMILES string of the molecule is O=C(C1Cc2ccccc2C1)N1CCC(=NO)CC1. The molecule has 0 aromatic heterocycles. The molecular formula is C15H18N2O2. The van der Waals surface area contributed by atoms with E-state index in [-0.39, 0.29) is 11.8 Å². The molecule has 0 saturated carbocycles. The summed E-state index contributed by atoms with van der Waals surface area (Å²) in [5, 5.41) is 12.0. The lowest BCUT2D eigenvalue weighted by Crippen LogP contribution is -2.42. The van der Waals surface area contributed by atoms with Crippen LogP contribution in [0.15, 0.2) is 29.4 Å². The van der Waals surface area contributed by atoms with Crippen molar-refractivity contribution in [3.63, 3.8) is 0 Å². The van der Waals surface area contributed by atoms with Gasteiger partial charge in [-0.1, -0.05) is 29.4 Å². The second-order valence-electron chi connectivity index (χ2n) is 5.37. The number of likely N-dealkylation sites (tertiary alicyclic amines) is 1. The minimum Gasteiger partial charge on any atom is -0.411 e. The molecule has 0 spiro atoms. The van der Waals surface area contributed by atoms with Crippen molar-refractivity contribution in [1.82, 2.24) is 4.90 Å². The van der Waals surface area contributed by atoms with E-state index >= 15 is 0 Å².